The first-order valence-corrected chi connectivity index (χ1v) is 9.56. The van der Waals surface area contributed by atoms with Crippen molar-refractivity contribution in [3.8, 4) is 5.75 Å². The lowest BCUT2D eigenvalue weighted by molar-refractivity contribution is -0.240. The van der Waals surface area contributed by atoms with Crippen LogP contribution in [-0.4, -0.2) is 51.6 Å². The maximum atomic E-state index is 10.3. The maximum absolute atomic E-state index is 10.3. The largest absolute Gasteiger partial charge is 0.462 e. The maximum Gasteiger partial charge on any atom is 0.229 e. The van der Waals surface area contributed by atoms with Gasteiger partial charge < -0.3 is 29.9 Å². The lowest BCUT2D eigenvalue weighted by Crippen LogP contribution is -2.51. The van der Waals surface area contributed by atoms with Crippen LogP contribution in [0.25, 0.3) is 0 Å². The van der Waals surface area contributed by atoms with E-state index in [1.807, 2.05) is 31.2 Å². The molecule has 1 heterocycles. The Morgan fingerprint density at radius 3 is 2.46 bits per heavy atom. The van der Waals surface area contributed by atoms with E-state index in [9.17, 15) is 20.4 Å². The Morgan fingerprint density at radius 1 is 1.11 bits per heavy atom. The van der Waals surface area contributed by atoms with Gasteiger partial charge in [0.25, 0.3) is 0 Å². The van der Waals surface area contributed by atoms with Gasteiger partial charge in [-0.15, -0.1) is 0 Å². The van der Waals surface area contributed by atoms with Gasteiger partial charge in [-0.1, -0.05) is 41.4 Å². The predicted molar refractivity (Wildman–Crippen MR) is 104 cm³/mol. The minimum absolute atomic E-state index is 0.116. The first-order chi connectivity index (χ1) is 13.4. The fourth-order valence-corrected chi connectivity index (χ4v) is 3.50. The molecule has 2 aromatic rings. The second-order valence-electron chi connectivity index (χ2n) is 7.10. The monoisotopic (exact) mass is 408 g/mol. The number of benzene rings is 2. The number of aliphatic hydroxyl groups is 4. The predicted octanol–water partition coefficient (Wildman–Crippen LogP) is 1.94. The SMILES string of the molecule is Cc1ccc(Cc2c(Cl)cc(CO)cc2OC2OC(CO)C[C@H](O)[C@H]2O)cc1. The number of aliphatic hydroxyl groups excluding tert-OH is 4. The van der Waals surface area contributed by atoms with Crippen molar-refractivity contribution in [3.05, 3.63) is 63.7 Å². The molecule has 0 amide bonds. The number of hydrogen-bond acceptors (Lipinski definition) is 6. The van der Waals surface area contributed by atoms with Gasteiger partial charge in [0.15, 0.2) is 0 Å². The molecule has 1 fully saturated rings. The number of ether oxygens (including phenoxy) is 2. The molecule has 0 saturated carbocycles. The van der Waals surface area contributed by atoms with Crippen LogP contribution in [-0.2, 0) is 17.8 Å². The summed E-state index contributed by atoms with van der Waals surface area (Å²) in [7, 11) is 0. The van der Waals surface area contributed by atoms with E-state index in [0.717, 1.165) is 11.1 Å². The van der Waals surface area contributed by atoms with Crippen LogP contribution in [0, 0.1) is 6.92 Å². The molecule has 28 heavy (non-hydrogen) atoms. The van der Waals surface area contributed by atoms with Crippen LogP contribution >= 0.6 is 11.6 Å². The van der Waals surface area contributed by atoms with Gasteiger partial charge in [0, 0.05) is 23.4 Å². The lowest BCUT2D eigenvalue weighted by Gasteiger charge is -2.36. The van der Waals surface area contributed by atoms with Gasteiger partial charge in [0.05, 0.1) is 25.4 Å². The summed E-state index contributed by atoms with van der Waals surface area (Å²) in [5.41, 5.74) is 3.40. The van der Waals surface area contributed by atoms with Crippen LogP contribution in [0.2, 0.25) is 5.02 Å². The summed E-state index contributed by atoms with van der Waals surface area (Å²) >= 11 is 6.45. The smallest absolute Gasteiger partial charge is 0.229 e. The first kappa shape index (κ1) is 21.0. The van der Waals surface area contributed by atoms with Crippen LogP contribution in [0.5, 0.6) is 5.75 Å². The average Bonchev–Trinajstić information content (AvgIpc) is 2.68. The van der Waals surface area contributed by atoms with E-state index in [2.05, 4.69) is 0 Å². The van der Waals surface area contributed by atoms with E-state index in [-0.39, 0.29) is 19.6 Å². The van der Waals surface area contributed by atoms with E-state index in [4.69, 9.17) is 21.1 Å². The highest BCUT2D eigenvalue weighted by Crippen LogP contribution is 2.33. The second-order valence-corrected chi connectivity index (χ2v) is 7.50. The first-order valence-electron chi connectivity index (χ1n) is 9.18. The van der Waals surface area contributed by atoms with Crippen LogP contribution < -0.4 is 4.74 Å². The number of aryl methyl sites for hydroxylation is 1. The Morgan fingerprint density at radius 2 is 1.82 bits per heavy atom. The molecule has 4 atom stereocenters. The fourth-order valence-electron chi connectivity index (χ4n) is 3.20. The van der Waals surface area contributed by atoms with E-state index in [1.165, 1.54) is 0 Å². The quantitative estimate of drug-likeness (QED) is 0.583. The Hall–Kier alpha value is -1.67. The molecule has 0 radical (unpaired) electrons. The summed E-state index contributed by atoms with van der Waals surface area (Å²) in [6, 6.07) is 11.3. The molecule has 4 N–H and O–H groups in total. The van der Waals surface area contributed by atoms with Gasteiger partial charge >= 0.3 is 0 Å². The molecule has 6 nitrogen and oxygen atoms in total. The molecule has 0 aromatic heterocycles. The van der Waals surface area contributed by atoms with Crippen molar-refractivity contribution in [1.29, 1.82) is 0 Å². The second kappa shape index (κ2) is 9.22. The third-order valence-corrected chi connectivity index (χ3v) is 5.19. The van der Waals surface area contributed by atoms with E-state index in [0.29, 0.717) is 28.3 Å². The van der Waals surface area contributed by atoms with E-state index in [1.54, 1.807) is 12.1 Å². The minimum Gasteiger partial charge on any atom is -0.462 e. The molecule has 1 aliphatic heterocycles. The average molecular weight is 409 g/mol. The summed E-state index contributed by atoms with van der Waals surface area (Å²) < 4.78 is 11.5. The highest BCUT2D eigenvalue weighted by molar-refractivity contribution is 6.31. The highest BCUT2D eigenvalue weighted by atomic mass is 35.5. The number of rotatable bonds is 6. The molecule has 2 aromatic carbocycles. The third-order valence-electron chi connectivity index (χ3n) is 4.85. The Labute approximate surface area is 168 Å². The molecule has 0 spiro atoms. The van der Waals surface area contributed by atoms with Crippen molar-refractivity contribution in [3.63, 3.8) is 0 Å². The van der Waals surface area contributed by atoms with Crippen LogP contribution in [0.4, 0.5) is 0 Å². The van der Waals surface area contributed by atoms with Crippen molar-refractivity contribution in [2.45, 2.75) is 51.0 Å². The molecule has 0 bridgehead atoms. The normalized spacial score (nSPS) is 24.9. The third kappa shape index (κ3) is 4.84. The molecule has 2 unspecified atom stereocenters. The topological polar surface area (TPSA) is 99.4 Å². The minimum atomic E-state index is -1.27. The zero-order chi connectivity index (χ0) is 20.3. The Kier molecular flexibility index (Phi) is 6.93. The number of halogens is 1. The summed E-state index contributed by atoms with van der Waals surface area (Å²) in [4.78, 5) is 0. The van der Waals surface area contributed by atoms with Gasteiger partial charge in [-0.2, -0.15) is 0 Å². The van der Waals surface area contributed by atoms with E-state index < -0.39 is 24.6 Å². The van der Waals surface area contributed by atoms with Crippen molar-refractivity contribution >= 4 is 11.6 Å². The summed E-state index contributed by atoms with van der Waals surface area (Å²) in [5, 5.41) is 39.6. The molecule has 1 aliphatic rings. The van der Waals surface area contributed by atoms with Crippen molar-refractivity contribution in [2.75, 3.05) is 6.61 Å². The van der Waals surface area contributed by atoms with Crippen molar-refractivity contribution in [2.24, 2.45) is 0 Å². The Balaban J connectivity index is 1.91. The van der Waals surface area contributed by atoms with Crippen molar-refractivity contribution < 1.29 is 29.9 Å². The standard InChI is InChI=1S/C21H25ClO6/c1-12-2-4-13(5-3-12)6-16-17(22)7-14(10-23)8-19(16)28-21-20(26)18(25)9-15(11-24)27-21/h2-5,7-8,15,18,20-21,23-26H,6,9-11H2,1H3/t15?,18-,20+,21?/m0/s1. The zero-order valence-electron chi connectivity index (χ0n) is 15.6. The Bertz CT molecular complexity index is 794. The van der Waals surface area contributed by atoms with Crippen LogP contribution in [0.1, 0.15) is 28.7 Å². The number of hydrogen-bond donors (Lipinski definition) is 4. The van der Waals surface area contributed by atoms with Gasteiger partial charge in [0.1, 0.15) is 11.9 Å². The van der Waals surface area contributed by atoms with Crippen molar-refractivity contribution in [1.82, 2.24) is 0 Å². The highest BCUT2D eigenvalue weighted by Gasteiger charge is 2.38. The molecular weight excluding hydrogens is 384 g/mol. The molecule has 1 saturated heterocycles. The molecule has 7 heteroatoms. The van der Waals surface area contributed by atoms with Crippen LogP contribution in [0.15, 0.2) is 36.4 Å². The van der Waals surface area contributed by atoms with Gasteiger partial charge in [0.2, 0.25) is 6.29 Å². The molecular formula is C21H25ClO6. The summed E-state index contributed by atoms with van der Waals surface area (Å²) in [6.45, 7) is 1.49. The van der Waals surface area contributed by atoms with Gasteiger partial charge in [-0.25, -0.2) is 0 Å². The lowest BCUT2D eigenvalue weighted by atomic mass is 10.0. The van der Waals surface area contributed by atoms with Gasteiger partial charge in [-0.3, -0.25) is 0 Å². The summed E-state index contributed by atoms with van der Waals surface area (Å²) in [5.74, 6) is 0.354. The molecule has 3 rings (SSSR count). The molecule has 152 valence electrons. The van der Waals surface area contributed by atoms with Crippen LogP contribution in [0.3, 0.4) is 0 Å². The van der Waals surface area contributed by atoms with E-state index >= 15 is 0 Å². The summed E-state index contributed by atoms with van der Waals surface area (Å²) in [6.07, 6.45) is -3.55. The fraction of sp³-hybridized carbons (Fsp3) is 0.429. The zero-order valence-corrected chi connectivity index (χ0v) is 16.3. The molecule has 0 aliphatic carbocycles. The van der Waals surface area contributed by atoms with Gasteiger partial charge in [-0.05, 0) is 30.2 Å².